The molecule has 6 heteroatoms. The first-order chi connectivity index (χ1) is 10.7. The Balaban J connectivity index is 1.87. The summed E-state index contributed by atoms with van der Waals surface area (Å²) in [5.41, 5.74) is 3.00. The molecule has 0 bridgehead atoms. The van der Waals surface area contributed by atoms with Crippen molar-refractivity contribution in [1.29, 1.82) is 0 Å². The van der Waals surface area contributed by atoms with Gasteiger partial charge >= 0.3 is 0 Å². The molecule has 0 aliphatic carbocycles. The zero-order valence-corrected chi connectivity index (χ0v) is 12.6. The highest BCUT2D eigenvalue weighted by Crippen LogP contribution is 2.23. The fourth-order valence-corrected chi connectivity index (χ4v) is 2.21. The van der Waals surface area contributed by atoms with Gasteiger partial charge in [-0.25, -0.2) is 4.98 Å². The Morgan fingerprint density at radius 3 is 2.59 bits per heavy atom. The second-order valence-electron chi connectivity index (χ2n) is 5.36. The number of aromatic nitrogens is 5. The Morgan fingerprint density at radius 1 is 1.09 bits per heavy atom. The van der Waals surface area contributed by atoms with Gasteiger partial charge in [0.2, 0.25) is 0 Å². The summed E-state index contributed by atoms with van der Waals surface area (Å²) in [5.74, 6) is 1.15. The van der Waals surface area contributed by atoms with Gasteiger partial charge in [-0.1, -0.05) is 19.9 Å². The van der Waals surface area contributed by atoms with Gasteiger partial charge in [-0.15, -0.1) is 0 Å². The van der Waals surface area contributed by atoms with Gasteiger partial charge in [-0.3, -0.25) is 15.1 Å². The maximum Gasteiger partial charge on any atom is 0.151 e. The highest BCUT2D eigenvalue weighted by molar-refractivity contribution is 5.46. The number of pyridine rings is 2. The van der Waals surface area contributed by atoms with Crippen LogP contribution in [-0.4, -0.2) is 25.1 Å². The minimum Gasteiger partial charge on any atom is -0.370 e. The topological polar surface area (TPSA) is 79.4 Å². The first-order valence-electron chi connectivity index (χ1n) is 7.21. The van der Waals surface area contributed by atoms with Crippen LogP contribution in [0.3, 0.4) is 0 Å². The fourth-order valence-electron chi connectivity index (χ4n) is 2.21. The zero-order chi connectivity index (χ0) is 15.4. The van der Waals surface area contributed by atoms with Crippen LogP contribution >= 0.6 is 0 Å². The van der Waals surface area contributed by atoms with E-state index in [-0.39, 0.29) is 6.04 Å². The minimum atomic E-state index is -0.150. The average molecular weight is 294 g/mol. The summed E-state index contributed by atoms with van der Waals surface area (Å²) in [5, 5.41) is 10.3. The van der Waals surface area contributed by atoms with Crippen LogP contribution in [0.4, 0.5) is 5.69 Å². The van der Waals surface area contributed by atoms with Crippen molar-refractivity contribution in [3.05, 3.63) is 66.3 Å². The molecule has 0 saturated heterocycles. The molecule has 0 radical (unpaired) electrons. The van der Waals surface area contributed by atoms with E-state index >= 15 is 0 Å². The molecule has 0 aromatic carbocycles. The summed E-state index contributed by atoms with van der Waals surface area (Å²) in [6, 6.07) is 7.82. The molecule has 6 nitrogen and oxygen atoms in total. The van der Waals surface area contributed by atoms with E-state index < -0.39 is 0 Å². The van der Waals surface area contributed by atoms with Crippen LogP contribution in [0.15, 0.2) is 49.2 Å². The molecule has 0 amide bonds. The molecule has 1 unspecified atom stereocenters. The molecule has 22 heavy (non-hydrogen) atoms. The van der Waals surface area contributed by atoms with Crippen molar-refractivity contribution in [2.45, 2.75) is 25.8 Å². The Morgan fingerprint density at radius 2 is 2.00 bits per heavy atom. The molecule has 3 aromatic heterocycles. The predicted octanol–water partition coefficient (Wildman–Crippen LogP) is 2.92. The molecule has 2 N–H and O–H groups in total. The summed E-state index contributed by atoms with van der Waals surface area (Å²) in [6.07, 6.45) is 6.91. The Kier molecular flexibility index (Phi) is 4.09. The number of hydrogen-bond acceptors (Lipinski definition) is 5. The predicted molar refractivity (Wildman–Crippen MR) is 84.4 cm³/mol. The van der Waals surface area contributed by atoms with Crippen LogP contribution in [0.5, 0.6) is 0 Å². The van der Waals surface area contributed by atoms with E-state index in [2.05, 4.69) is 44.3 Å². The van der Waals surface area contributed by atoms with Crippen molar-refractivity contribution in [3.63, 3.8) is 0 Å². The van der Waals surface area contributed by atoms with Crippen LogP contribution in [0, 0.1) is 0 Å². The number of hydrogen-bond donors (Lipinski definition) is 2. The molecule has 3 rings (SSSR count). The van der Waals surface area contributed by atoms with Crippen LogP contribution < -0.4 is 5.32 Å². The zero-order valence-electron chi connectivity index (χ0n) is 12.6. The number of rotatable bonds is 5. The molecule has 3 aromatic rings. The summed E-state index contributed by atoms with van der Waals surface area (Å²) < 4.78 is 0. The normalized spacial score (nSPS) is 12.3. The van der Waals surface area contributed by atoms with Crippen molar-refractivity contribution in [1.82, 2.24) is 25.1 Å². The smallest absolute Gasteiger partial charge is 0.151 e. The van der Waals surface area contributed by atoms with E-state index in [1.54, 1.807) is 6.20 Å². The van der Waals surface area contributed by atoms with Gasteiger partial charge in [0.15, 0.2) is 5.82 Å². The summed E-state index contributed by atoms with van der Waals surface area (Å²) in [4.78, 5) is 12.9. The highest BCUT2D eigenvalue weighted by atomic mass is 15.2. The third-order valence-electron chi connectivity index (χ3n) is 3.41. The van der Waals surface area contributed by atoms with Gasteiger partial charge in [0.05, 0.1) is 11.9 Å². The van der Waals surface area contributed by atoms with Crippen LogP contribution in [0.2, 0.25) is 0 Å². The molecular weight excluding hydrogens is 276 g/mol. The molecule has 1 atom stereocenters. The van der Waals surface area contributed by atoms with Crippen molar-refractivity contribution < 1.29 is 0 Å². The van der Waals surface area contributed by atoms with E-state index in [4.69, 9.17) is 0 Å². The van der Waals surface area contributed by atoms with Gasteiger partial charge in [0.25, 0.3) is 0 Å². The SMILES string of the molecule is CC(C)c1ccc(NC(c2cccnc2)c2ncn[nH]2)cn1. The highest BCUT2D eigenvalue weighted by Gasteiger charge is 2.17. The van der Waals surface area contributed by atoms with Gasteiger partial charge in [0, 0.05) is 23.7 Å². The Labute approximate surface area is 129 Å². The first kappa shape index (κ1) is 14.2. The molecule has 0 fully saturated rings. The lowest BCUT2D eigenvalue weighted by Gasteiger charge is -2.18. The second kappa shape index (κ2) is 6.34. The number of nitrogens with one attached hydrogen (secondary N) is 2. The number of nitrogens with zero attached hydrogens (tertiary/aromatic N) is 4. The van der Waals surface area contributed by atoms with Gasteiger partial charge < -0.3 is 5.32 Å². The van der Waals surface area contributed by atoms with Crippen molar-refractivity contribution >= 4 is 5.69 Å². The Bertz CT molecular complexity index is 691. The van der Waals surface area contributed by atoms with Crippen LogP contribution in [0.1, 0.15) is 42.9 Å². The largest absolute Gasteiger partial charge is 0.370 e. The molecule has 3 heterocycles. The lowest BCUT2D eigenvalue weighted by atomic mass is 10.1. The molecular formula is C16H18N6. The third kappa shape index (κ3) is 3.11. The van der Waals surface area contributed by atoms with E-state index in [9.17, 15) is 0 Å². The maximum atomic E-state index is 4.48. The number of aromatic amines is 1. The monoisotopic (exact) mass is 294 g/mol. The van der Waals surface area contributed by atoms with Crippen LogP contribution in [0.25, 0.3) is 0 Å². The van der Waals surface area contributed by atoms with Gasteiger partial charge in [0.1, 0.15) is 12.4 Å². The fraction of sp³-hybridized carbons (Fsp3) is 0.250. The number of H-pyrrole nitrogens is 1. The van der Waals surface area contributed by atoms with Gasteiger partial charge in [-0.05, 0) is 24.1 Å². The van der Waals surface area contributed by atoms with Gasteiger partial charge in [-0.2, -0.15) is 5.10 Å². The molecule has 0 aliphatic rings. The quantitative estimate of drug-likeness (QED) is 0.756. The molecule has 0 spiro atoms. The molecule has 112 valence electrons. The summed E-state index contributed by atoms with van der Waals surface area (Å²) >= 11 is 0. The molecule has 0 saturated carbocycles. The van der Waals surface area contributed by atoms with E-state index in [1.165, 1.54) is 6.33 Å². The summed E-state index contributed by atoms with van der Waals surface area (Å²) in [7, 11) is 0. The second-order valence-corrected chi connectivity index (χ2v) is 5.36. The van der Waals surface area contributed by atoms with E-state index in [0.29, 0.717) is 5.92 Å². The average Bonchev–Trinajstić information content (AvgIpc) is 3.08. The number of anilines is 1. The lowest BCUT2D eigenvalue weighted by Crippen LogP contribution is -2.14. The maximum absolute atomic E-state index is 4.48. The minimum absolute atomic E-state index is 0.150. The van der Waals surface area contributed by atoms with Crippen LogP contribution in [-0.2, 0) is 0 Å². The van der Waals surface area contributed by atoms with Crippen molar-refractivity contribution in [2.24, 2.45) is 0 Å². The van der Waals surface area contributed by atoms with Crippen molar-refractivity contribution in [3.8, 4) is 0 Å². The first-order valence-corrected chi connectivity index (χ1v) is 7.21. The third-order valence-corrected chi connectivity index (χ3v) is 3.41. The lowest BCUT2D eigenvalue weighted by molar-refractivity contribution is 0.813. The van der Waals surface area contributed by atoms with E-state index in [0.717, 1.165) is 22.8 Å². The van der Waals surface area contributed by atoms with Crippen molar-refractivity contribution in [2.75, 3.05) is 5.32 Å². The molecule has 0 aliphatic heterocycles. The summed E-state index contributed by atoms with van der Waals surface area (Å²) in [6.45, 7) is 4.25. The Hall–Kier alpha value is -2.76. The van der Waals surface area contributed by atoms with E-state index in [1.807, 2.05) is 36.7 Å². The standard InChI is InChI=1S/C16H18N6/c1-11(2)14-6-5-13(9-18-14)21-15(16-19-10-20-22-16)12-4-3-7-17-8-12/h3-11,15,21H,1-2H3,(H,19,20,22).